The predicted octanol–water partition coefficient (Wildman–Crippen LogP) is 4.06. The summed E-state index contributed by atoms with van der Waals surface area (Å²) < 4.78 is 5.69. The van der Waals surface area contributed by atoms with Crippen molar-refractivity contribution in [2.45, 2.75) is 19.4 Å². The Labute approximate surface area is 137 Å². The van der Waals surface area contributed by atoms with Crippen LogP contribution in [0, 0.1) is 0 Å². The Balaban J connectivity index is 1.91. The zero-order valence-electron chi connectivity index (χ0n) is 13.4. The number of anilines is 2. The van der Waals surface area contributed by atoms with Gasteiger partial charge in [0.05, 0.1) is 24.1 Å². The SMILES string of the molecule is CCC1CN(C(=O)N(c2ccccc2)c2ccccc2)CCO1. The van der Waals surface area contributed by atoms with Crippen LogP contribution in [0.3, 0.4) is 0 Å². The summed E-state index contributed by atoms with van der Waals surface area (Å²) in [7, 11) is 0. The number of benzene rings is 2. The average molecular weight is 310 g/mol. The molecule has 2 aromatic rings. The maximum atomic E-state index is 13.2. The normalized spacial score (nSPS) is 17.8. The first-order valence-electron chi connectivity index (χ1n) is 8.10. The molecule has 0 spiro atoms. The monoisotopic (exact) mass is 310 g/mol. The van der Waals surface area contributed by atoms with Gasteiger partial charge in [-0.15, -0.1) is 0 Å². The van der Waals surface area contributed by atoms with E-state index < -0.39 is 0 Å². The molecule has 1 unspecified atom stereocenters. The van der Waals surface area contributed by atoms with E-state index in [-0.39, 0.29) is 12.1 Å². The van der Waals surface area contributed by atoms with Gasteiger partial charge in [0, 0.05) is 13.1 Å². The summed E-state index contributed by atoms with van der Waals surface area (Å²) in [4.78, 5) is 16.8. The fraction of sp³-hybridized carbons (Fsp3) is 0.316. The van der Waals surface area contributed by atoms with Gasteiger partial charge in [0.25, 0.3) is 0 Å². The second-order valence-corrected chi connectivity index (χ2v) is 5.64. The van der Waals surface area contributed by atoms with E-state index in [0.29, 0.717) is 19.7 Å². The third kappa shape index (κ3) is 3.54. The Kier molecular flexibility index (Phi) is 4.93. The molecule has 1 aliphatic rings. The highest BCUT2D eigenvalue weighted by molar-refractivity contribution is 5.99. The van der Waals surface area contributed by atoms with Crippen molar-refractivity contribution in [1.82, 2.24) is 4.90 Å². The van der Waals surface area contributed by atoms with Crippen LogP contribution in [0.4, 0.5) is 16.2 Å². The number of carbonyl (C=O) groups is 1. The van der Waals surface area contributed by atoms with Crippen molar-refractivity contribution in [3.05, 3.63) is 60.7 Å². The van der Waals surface area contributed by atoms with E-state index in [4.69, 9.17) is 4.74 Å². The Hall–Kier alpha value is -2.33. The van der Waals surface area contributed by atoms with Gasteiger partial charge in [-0.25, -0.2) is 4.79 Å². The van der Waals surface area contributed by atoms with E-state index in [1.54, 1.807) is 4.90 Å². The van der Waals surface area contributed by atoms with Crippen LogP contribution in [-0.4, -0.2) is 36.7 Å². The van der Waals surface area contributed by atoms with Gasteiger partial charge in [-0.3, -0.25) is 4.90 Å². The number of hydrogen-bond donors (Lipinski definition) is 0. The molecular weight excluding hydrogens is 288 g/mol. The molecule has 1 fully saturated rings. The fourth-order valence-corrected chi connectivity index (χ4v) is 2.81. The number of hydrogen-bond acceptors (Lipinski definition) is 2. The maximum Gasteiger partial charge on any atom is 0.329 e. The van der Waals surface area contributed by atoms with Crippen molar-refractivity contribution in [3.8, 4) is 0 Å². The van der Waals surface area contributed by atoms with Gasteiger partial charge in [-0.2, -0.15) is 0 Å². The molecule has 1 aliphatic heterocycles. The molecule has 0 saturated carbocycles. The average Bonchev–Trinajstić information content (AvgIpc) is 2.64. The highest BCUT2D eigenvalue weighted by atomic mass is 16.5. The standard InChI is InChI=1S/C19H22N2O2/c1-2-18-15-20(13-14-23-18)19(22)21(16-9-5-3-6-10-16)17-11-7-4-8-12-17/h3-12,18H,2,13-15H2,1H3. The van der Waals surface area contributed by atoms with Crippen molar-refractivity contribution in [3.63, 3.8) is 0 Å². The first-order valence-corrected chi connectivity index (χ1v) is 8.10. The van der Waals surface area contributed by atoms with Gasteiger partial charge in [0.1, 0.15) is 0 Å². The number of rotatable bonds is 3. The molecule has 1 heterocycles. The molecule has 2 amide bonds. The maximum absolute atomic E-state index is 13.2. The molecule has 2 aromatic carbocycles. The summed E-state index contributed by atoms with van der Waals surface area (Å²) >= 11 is 0. The third-order valence-electron chi connectivity index (χ3n) is 4.08. The van der Waals surface area contributed by atoms with E-state index in [1.165, 1.54) is 0 Å². The van der Waals surface area contributed by atoms with E-state index in [9.17, 15) is 4.79 Å². The Morgan fingerprint density at radius 3 is 2.17 bits per heavy atom. The van der Waals surface area contributed by atoms with Gasteiger partial charge >= 0.3 is 6.03 Å². The van der Waals surface area contributed by atoms with Crippen molar-refractivity contribution in [2.75, 3.05) is 24.6 Å². The summed E-state index contributed by atoms with van der Waals surface area (Å²) in [5.41, 5.74) is 1.76. The molecule has 4 heteroatoms. The molecule has 1 saturated heterocycles. The first-order chi connectivity index (χ1) is 11.3. The second-order valence-electron chi connectivity index (χ2n) is 5.64. The number of carbonyl (C=O) groups excluding carboxylic acids is 1. The number of morpholine rings is 1. The Morgan fingerprint density at radius 1 is 1.09 bits per heavy atom. The van der Waals surface area contributed by atoms with E-state index >= 15 is 0 Å². The highest BCUT2D eigenvalue weighted by Gasteiger charge is 2.28. The number of urea groups is 1. The molecule has 1 atom stereocenters. The molecular formula is C19H22N2O2. The van der Waals surface area contributed by atoms with E-state index in [2.05, 4.69) is 6.92 Å². The van der Waals surface area contributed by atoms with Gasteiger partial charge < -0.3 is 9.64 Å². The number of nitrogens with zero attached hydrogens (tertiary/aromatic N) is 2. The number of ether oxygens (including phenoxy) is 1. The first kappa shape index (κ1) is 15.6. The van der Waals surface area contributed by atoms with Crippen molar-refractivity contribution in [1.29, 1.82) is 0 Å². The molecule has 0 aromatic heterocycles. The van der Waals surface area contributed by atoms with Gasteiger partial charge in [0.15, 0.2) is 0 Å². The summed E-state index contributed by atoms with van der Waals surface area (Å²) in [5, 5.41) is 0. The molecule has 0 aliphatic carbocycles. The zero-order valence-corrected chi connectivity index (χ0v) is 13.4. The minimum absolute atomic E-state index is 0.00384. The quantitative estimate of drug-likeness (QED) is 0.856. The molecule has 3 rings (SSSR count). The molecule has 0 radical (unpaired) electrons. The van der Waals surface area contributed by atoms with Crippen LogP contribution in [0.2, 0.25) is 0 Å². The van der Waals surface area contributed by atoms with Gasteiger partial charge in [-0.05, 0) is 30.7 Å². The van der Waals surface area contributed by atoms with E-state index in [1.807, 2.05) is 65.6 Å². The van der Waals surface area contributed by atoms with Crippen LogP contribution in [0.1, 0.15) is 13.3 Å². The lowest BCUT2D eigenvalue weighted by molar-refractivity contribution is -0.0140. The van der Waals surface area contributed by atoms with Crippen molar-refractivity contribution in [2.24, 2.45) is 0 Å². The zero-order chi connectivity index (χ0) is 16.1. The van der Waals surface area contributed by atoms with Crippen LogP contribution < -0.4 is 4.90 Å². The Morgan fingerprint density at radius 2 is 1.65 bits per heavy atom. The summed E-state index contributed by atoms with van der Waals surface area (Å²) in [5.74, 6) is 0. The van der Waals surface area contributed by atoms with Gasteiger partial charge in [-0.1, -0.05) is 43.3 Å². The fourth-order valence-electron chi connectivity index (χ4n) is 2.81. The Bertz CT molecular complexity index is 591. The highest BCUT2D eigenvalue weighted by Crippen LogP contribution is 2.27. The predicted molar refractivity (Wildman–Crippen MR) is 92.0 cm³/mol. The van der Waals surface area contributed by atoms with E-state index in [0.717, 1.165) is 17.8 Å². The smallest absolute Gasteiger partial charge is 0.329 e. The third-order valence-corrected chi connectivity index (χ3v) is 4.08. The number of amides is 2. The van der Waals surface area contributed by atoms with Crippen LogP contribution in [0.15, 0.2) is 60.7 Å². The minimum Gasteiger partial charge on any atom is -0.375 e. The minimum atomic E-state index is 0.00384. The van der Waals surface area contributed by atoms with Crippen LogP contribution >= 0.6 is 0 Å². The van der Waals surface area contributed by atoms with Crippen LogP contribution in [0.25, 0.3) is 0 Å². The largest absolute Gasteiger partial charge is 0.375 e. The molecule has 0 bridgehead atoms. The molecule has 0 N–H and O–H groups in total. The van der Waals surface area contributed by atoms with Gasteiger partial charge in [0.2, 0.25) is 0 Å². The number of para-hydroxylation sites is 2. The van der Waals surface area contributed by atoms with Crippen LogP contribution in [0.5, 0.6) is 0 Å². The second kappa shape index (κ2) is 7.29. The van der Waals surface area contributed by atoms with Crippen molar-refractivity contribution < 1.29 is 9.53 Å². The van der Waals surface area contributed by atoms with Crippen LogP contribution in [-0.2, 0) is 4.74 Å². The molecule has 120 valence electrons. The molecule has 23 heavy (non-hydrogen) atoms. The van der Waals surface area contributed by atoms with Crippen molar-refractivity contribution >= 4 is 17.4 Å². The summed E-state index contributed by atoms with van der Waals surface area (Å²) in [6.07, 6.45) is 1.04. The molecule has 4 nitrogen and oxygen atoms in total. The summed E-state index contributed by atoms with van der Waals surface area (Å²) in [6.45, 7) is 3.96. The lowest BCUT2D eigenvalue weighted by atomic mass is 10.2. The lowest BCUT2D eigenvalue weighted by Crippen LogP contribution is -2.49. The lowest BCUT2D eigenvalue weighted by Gasteiger charge is -2.36. The topological polar surface area (TPSA) is 32.8 Å². The summed E-state index contributed by atoms with van der Waals surface area (Å²) in [6, 6.07) is 19.6.